The minimum absolute atomic E-state index is 0.285. The number of esters is 4. The molecule has 6 atom stereocenters. The lowest BCUT2D eigenvalue weighted by atomic mass is 9.86. The molecule has 556 valence electrons. The van der Waals surface area contributed by atoms with Crippen LogP contribution in [0.2, 0.25) is 0 Å². The second-order valence-electron chi connectivity index (χ2n) is 25.3. The molecule has 0 saturated heterocycles. The molecule has 24 nitrogen and oxygen atoms in total. The van der Waals surface area contributed by atoms with Crippen LogP contribution >= 0.6 is 0 Å². The highest BCUT2D eigenvalue weighted by atomic mass is 32.2. The van der Waals surface area contributed by atoms with Gasteiger partial charge in [0.25, 0.3) is 0 Å². The van der Waals surface area contributed by atoms with Crippen molar-refractivity contribution >= 4 is 64.3 Å². The van der Waals surface area contributed by atoms with E-state index in [1.807, 2.05) is 0 Å². The Balaban J connectivity index is -0.00000108. The third kappa shape index (κ3) is 39.5. The normalized spacial score (nSPS) is 19.3. The number of hydrogen-bond donors (Lipinski definition) is 4. The van der Waals surface area contributed by atoms with Crippen LogP contribution in [-0.4, -0.2) is 191 Å². The van der Waals surface area contributed by atoms with Gasteiger partial charge in [-0.2, -0.15) is 35.1 Å². The van der Waals surface area contributed by atoms with Crippen molar-refractivity contribution in [2.75, 3.05) is 26.4 Å². The molecule has 0 amide bonds. The number of halogens is 12. The lowest BCUT2D eigenvalue weighted by molar-refractivity contribution is -0.153. The van der Waals surface area contributed by atoms with E-state index in [1.165, 1.54) is 13.8 Å². The van der Waals surface area contributed by atoms with Gasteiger partial charge in [0, 0.05) is 31.6 Å². The third-order valence-corrected chi connectivity index (χ3v) is 16.0. The standard InChI is InChI=1S/C11H17F3O6S.C11H17F3O5S.C10H15F3O5S.C9H13F3O5S.3C4H10O/c1-10(2,16)7-5-6(7)9(15)20-4-3-8(12)11(13,14)21(17,18)19;12-9(11(13,14)20(16,17)18)6-7-19-10(15)8-4-2-1-3-5-8;11-8(10(12,13)19(15,16)17)5-6-18-9(14)7-3-1-2-4-7;10-7(9(11,12)18(14,15)16)4-5-17-8(13)6-2-1-3-6;3*1-4(2,3)5/h6-8,16H,3-5H2,1-2H3,(H,17,18,19);8-9H,1-7H2,(H,16,17,18);7-8H,1-6H2,(H,15,16,17);6-7H,1-5H2,(H,14,15,16);3*5H,1-3H3/p-4. The molecule has 0 aromatic heterocycles. The van der Waals surface area contributed by atoms with Crippen LogP contribution in [-0.2, 0) is 78.6 Å². The first-order valence-electron chi connectivity index (χ1n) is 28.7. The molecule has 93 heavy (non-hydrogen) atoms. The Morgan fingerprint density at radius 2 is 0.559 bits per heavy atom. The maximum absolute atomic E-state index is 13.0. The number of carbonyl (C=O) groups is 4. The Bertz CT molecular complexity index is 2680. The molecule has 0 heterocycles. The van der Waals surface area contributed by atoms with Crippen LogP contribution in [0.15, 0.2) is 0 Å². The van der Waals surface area contributed by atoms with E-state index in [-0.39, 0.29) is 23.7 Å². The second-order valence-corrected chi connectivity index (χ2v) is 31.1. The quantitative estimate of drug-likeness (QED) is 0.0292. The van der Waals surface area contributed by atoms with E-state index in [2.05, 4.69) is 18.9 Å². The highest BCUT2D eigenvalue weighted by Gasteiger charge is 2.53. The van der Waals surface area contributed by atoms with Crippen molar-refractivity contribution in [1.82, 2.24) is 0 Å². The molecule has 4 saturated carbocycles. The molecule has 0 aromatic rings. The predicted octanol–water partition coefficient (Wildman–Crippen LogP) is 7.89. The lowest BCUT2D eigenvalue weighted by Crippen LogP contribution is -2.39. The number of alkyl halides is 12. The first-order chi connectivity index (χ1) is 41.3. The number of aliphatic hydroxyl groups is 4. The van der Waals surface area contributed by atoms with E-state index in [1.54, 1.807) is 62.3 Å². The van der Waals surface area contributed by atoms with Gasteiger partial charge in [-0.3, -0.25) is 19.2 Å². The van der Waals surface area contributed by atoms with Crippen molar-refractivity contribution in [3.8, 4) is 0 Å². The van der Waals surface area contributed by atoms with Crippen LogP contribution in [0.1, 0.15) is 185 Å². The fourth-order valence-electron chi connectivity index (χ4n) is 7.19. The summed E-state index contributed by atoms with van der Waals surface area (Å²) in [6.07, 6.45) is -7.43. The largest absolute Gasteiger partial charge is 0.743 e. The van der Waals surface area contributed by atoms with E-state index < -0.39 is 190 Å². The molecule has 4 aliphatic carbocycles. The summed E-state index contributed by atoms with van der Waals surface area (Å²) in [6, 6.07) is 0. The van der Waals surface area contributed by atoms with Gasteiger partial charge in [0.1, 0.15) is 0 Å². The van der Waals surface area contributed by atoms with Crippen LogP contribution in [0, 0.1) is 29.6 Å². The first-order valence-corrected chi connectivity index (χ1v) is 34.3. The van der Waals surface area contributed by atoms with Crippen LogP contribution in [0.25, 0.3) is 0 Å². The van der Waals surface area contributed by atoms with Gasteiger partial charge in [0.2, 0.25) is 0 Å². The molecular weight excluding hydrogens is 1380 g/mol. The van der Waals surface area contributed by atoms with Crippen molar-refractivity contribution in [3.63, 3.8) is 0 Å². The van der Waals surface area contributed by atoms with Crippen LogP contribution in [0.5, 0.6) is 0 Å². The van der Waals surface area contributed by atoms with E-state index in [4.69, 9.17) is 15.3 Å². The van der Waals surface area contributed by atoms with Crippen molar-refractivity contribution < 1.29 is 163 Å². The molecular formula is C53H88F12O24S4-4. The van der Waals surface area contributed by atoms with Gasteiger partial charge in [-0.1, -0.05) is 38.5 Å². The van der Waals surface area contributed by atoms with Crippen molar-refractivity contribution in [1.29, 1.82) is 0 Å². The average Bonchev–Trinajstić information content (AvgIpc) is 1.72. The highest BCUT2D eigenvalue weighted by Crippen LogP contribution is 2.47. The topological polar surface area (TPSA) is 415 Å². The summed E-state index contributed by atoms with van der Waals surface area (Å²) in [5, 5.41) is 15.1. The third-order valence-electron chi connectivity index (χ3n) is 12.3. The molecule has 0 aromatic carbocycles. The van der Waals surface area contributed by atoms with Crippen LogP contribution in [0.4, 0.5) is 52.7 Å². The fourth-order valence-corrected chi connectivity index (χ4v) is 8.92. The molecule has 40 heteroatoms. The Hall–Kier alpha value is -3.48. The number of carbonyl (C=O) groups excluding carboxylic acids is 4. The zero-order valence-corrected chi connectivity index (χ0v) is 56.4. The van der Waals surface area contributed by atoms with E-state index >= 15 is 0 Å². The van der Waals surface area contributed by atoms with E-state index in [0.29, 0.717) is 44.9 Å². The first kappa shape index (κ1) is 93.7. The highest BCUT2D eigenvalue weighted by molar-refractivity contribution is 7.87. The minimum Gasteiger partial charge on any atom is -0.743 e. The van der Waals surface area contributed by atoms with Gasteiger partial charge in [0.05, 0.1) is 72.5 Å². The van der Waals surface area contributed by atoms with E-state index in [0.717, 1.165) is 38.5 Å². The summed E-state index contributed by atoms with van der Waals surface area (Å²) in [7, 11) is -24.3. The van der Waals surface area contributed by atoms with E-state index in [9.17, 15) is 129 Å². The summed E-state index contributed by atoms with van der Waals surface area (Å²) in [5.74, 6) is -4.40. The van der Waals surface area contributed by atoms with Gasteiger partial charge in [0.15, 0.2) is 65.2 Å². The minimum atomic E-state index is -6.12. The van der Waals surface area contributed by atoms with Gasteiger partial charge in [-0.15, -0.1) is 0 Å². The van der Waals surface area contributed by atoms with Crippen LogP contribution in [0.3, 0.4) is 0 Å². The Morgan fingerprint density at radius 3 is 0.720 bits per heavy atom. The molecule has 0 radical (unpaired) electrons. The van der Waals surface area contributed by atoms with Gasteiger partial charge >= 0.3 is 44.9 Å². The number of ether oxygens (including phenoxy) is 4. The second kappa shape index (κ2) is 38.6. The van der Waals surface area contributed by atoms with Gasteiger partial charge in [-0.25, -0.2) is 51.2 Å². The molecule has 4 N–H and O–H groups in total. The Kier molecular flexibility index (Phi) is 38.9. The summed E-state index contributed by atoms with van der Waals surface area (Å²) >= 11 is 0. The number of rotatable bonds is 25. The smallest absolute Gasteiger partial charge is 0.364 e. The molecule has 4 aliphatic rings. The molecule has 0 spiro atoms. The van der Waals surface area contributed by atoms with Crippen molar-refractivity contribution in [3.05, 3.63) is 0 Å². The maximum Gasteiger partial charge on any atom is 0.364 e. The van der Waals surface area contributed by atoms with Gasteiger partial charge in [-0.05, 0) is 121 Å². The molecule has 4 fully saturated rings. The Morgan fingerprint density at radius 1 is 0.376 bits per heavy atom. The molecule has 0 aliphatic heterocycles. The lowest BCUT2D eigenvalue weighted by Gasteiger charge is -2.25. The summed E-state index contributed by atoms with van der Waals surface area (Å²) < 4.78 is 294. The number of hydrogen-bond acceptors (Lipinski definition) is 24. The van der Waals surface area contributed by atoms with Gasteiger partial charge < -0.3 is 57.6 Å². The molecule has 6 unspecified atom stereocenters. The zero-order valence-electron chi connectivity index (χ0n) is 53.2. The average molecular weight is 1470 g/mol. The summed E-state index contributed by atoms with van der Waals surface area (Å²) in [5.41, 5.74) is -2.59. The summed E-state index contributed by atoms with van der Waals surface area (Å²) in [6.45, 7) is 15.9. The molecule has 4 rings (SSSR count). The molecule has 0 bridgehead atoms. The predicted molar refractivity (Wildman–Crippen MR) is 300 cm³/mol. The monoisotopic (exact) mass is 1460 g/mol. The van der Waals surface area contributed by atoms with Crippen molar-refractivity contribution in [2.45, 2.75) is 253 Å². The summed E-state index contributed by atoms with van der Waals surface area (Å²) in [4.78, 5) is 45.5. The zero-order chi connectivity index (χ0) is 74.2. The van der Waals surface area contributed by atoms with Crippen LogP contribution < -0.4 is 0 Å². The maximum atomic E-state index is 13.0. The SMILES string of the molecule is CC(C)(C)O.CC(C)(C)O.CC(C)(C)O.CC(C)(O)C1CC1C(=O)OCCC(F)C(F)(F)S(=O)(=O)[O-].O=C(OCCC(F)C(F)(F)S(=O)(=O)[O-])C1CCC1.O=C(OCCC(F)C(F)(F)S(=O)(=O)[O-])C1CCCC1.O=C(OCCC(F)C(F)(F)S(=O)(=O)[O-])C1CCCCC1. The Labute approximate surface area is 535 Å². The van der Waals surface area contributed by atoms with Crippen molar-refractivity contribution in [2.24, 2.45) is 29.6 Å². The fraction of sp³-hybridized carbons (Fsp3) is 0.925.